The summed E-state index contributed by atoms with van der Waals surface area (Å²) >= 11 is 5.99. The Morgan fingerprint density at radius 3 is 1.67 bits per heavy atom. The van der Waals surface area contributed by atoms with Crippen LogP contribution in [0.1, 0.15) is 32.1 Å². The molecule has 0 fully saturated rings. The summed E-state index contributed by atoms with van der Waals surface area (Å²) in [5.41, 5.74) is 2.20. The van der Waals surface area contributed by atoms with Crippen LogP contribution in [-0.4, -0.2) is 55.1 Å². The predicted molar refractivity (Wildman–Crippen MR) is 160 cm³/mol. The first-order chi connectivity index (χ1) is 22.0. The number of hydrogen-bond donors (Lipinski definition) is 2. The predicted octanol–water partition coefficient (Wildman–Crippen LogP) is 4.59. The van der Waals surface area contributed by atoms with Crippen LogP contribution in [0.5, 0.6) is 0 Å². The van der Waals surface area contributed by atoms with Crippen molar-refractivity contribution in [3.8, 4) is 0 Å². The molecule has 236 valence electrons. The van der Waals surface area contributed by atoms with Crippen molar-refractivity contribution in [2.45, 2.75) is 13.1 Å². The molecule has 16 heteroatoms. The maximum absolute atomic E-state index is 13.2. The van der Waals surface area contributed by atoms with E-state index in [-0.39, 0.29) is 29.6 Å². The smallest absolute Gasteiger partial charge is 0.270 e. The lowest BCUT2D eigenvalue weighted by atomic mass is 10.2. The standard InChI is InChI=1S/C16H15F2N5O.C14H9ClF2N4O/c1-22(2)15-8-13(21-14-5-6-20-23(14)15)16(24)19-9-10-3-4-11(17)12(18)7-10;15-12-6-11(20-13-3-4-19-21(12)13)14(22)18-7-8-1-2-9(16)10(17)5-8/h3-8H,9H2,1-2H3,(H,19,24);1-6H,7H2,(H,18,22). The van der Waals surface area contributed by atoms with E-state index in [0.29, 0.717) is 28.2 Å². The third-order valence-corrected chi connectivity index (χ3v) is 6.72. The van der Waals surface area contributed by atoms with Gasteiger partial charge in [-0.2, -0.15) is 14.7 Å². The highest BCUT2D eigenvalue weighted by molar-refractivity contribution is 6.30. The quantitative estimate of drug-likeness (QED) is 0.191. The van der Waals surface area contributed by atoms with Gasteiger partial charge in [0.1, 0.15) is 22.4 Å². The molecule has 0 aliphatic heterocycles. The van der Waals surface area contributed by atoms with E-state index in [0.717, 1.165) is 24.3 Å². The third-order valence-electron chi connectivity index (χ3n) is 6.45. The second-order valence-electron chi connectivity index (χ2n) is 9.92. The van der Waals surface area contributed by atoms with Gasteiger partial charge in [0.2, 0.25) is 0 Å². The highest BCUT2D eigenvalue weighted by Gasteiger charge is 2.15. The van der Waals surface area contributed by atoms with Gasteiger partial charge in [0.15, 0.2) is 34.6 Å². The molecule has 4 heterocycles. The molecule has 4 aromatic heterocycles. The first-order valence-electron chi connectivity index (χ1n) is 13.5. The van der Waals surface area contributed by atoms with Gasteiger partial charge in [-0.1, -0.05) is 23.7 Å². The van der Waals surface area contributed by atoms with E-state index in [1.54, 1.807) is 28.9 Å². The highest BCUT2D eigenvalue weighted by Crippen LogP contribution is 2.16. The van der Waals surface area contributed by atoms with Crippen molar-refractivity contribution in [1.82, 2.24) is 39.8 Å². The first kappa shape index (κ1) is 31.8. The molecule has 6 rings (SSSR count). The van der Waals surface area contributed by atoms with Crippen molar-refractivity contribution in [3.05, 3.63) is 124 Å². The fraction of sp³-hybridized carbons (Fsp3) is 0.133. The van der Waals surface area contributed by atoms with Crippen molar-refractivity contribution >= 4 is 40.5 Å². The Morgan fingerprint density at radius 1 is 0.696 bits per heavy atom. The largest absolute Gasteiger partial charge is 0.363 e. The Balaban J connectivity index is 0.000000182. The number of nitrogens with one attached hydrogen (secondary N) is 2. The van der Waals surface area contributed by atoms with E-state index in [2.05, 4.69) is 30.8 Å². The van der Waals surface area contributed by atoms with Crippen LogP contribution in [0.15, 0.2) is 73.1 Å². The summed E-state index contributed by atoms with van der Waals surface area (Å²) in [7, 11) is 3.67. The van der Waals surface area contributed by atoms with Crippen LogP contribution >= 0.6 is 11.6 Å². The molecule has 0 aliphatic rings. The lowest BCUT2D eigenvalue weighted by molar-refractivity contribution is 0.0938. The number of nitrogens with zero attached hydrogens (tertiary/aromatic N) is 7. The van der Waals surface area contributed by atoms with Crippen LogP contribution in [0, 0.1) is 23.3 Å². The molecule has 0 unspecified atom stereocenters. The lowest BCUT2D eigenvalue weighted by Gasteiger charge is -2.15. The molecule has 0 spiro atoms. The summed E-state index contributed by atoms with van der Waals surface area (Å²) in [5.74, 6) is -3.96. The fourth-order valence-electron chi connectivity index (χ4n) is 4.17. The molecule has 0 bridgehead atoms. The minimum Gasteiger partial charge on any atom is -0.363 e. The van der Waals surface area contributed by atoms with E-state index >= 15 is 0 Å². The van der Waals surface area contributed by atoms with Gasteiger partial charge in [-0.15, -0.1) is 0 Å². The monoisotopic (exact) mass is 653 g/mol. The third kappa shape index (κ3) is 7.21. The Hall–Kier alpha value is -5.57. The van der Waals surface area contributed by atoms with Gasteiger partial charge in [-0.25, -0.2) is 32.0 Å². The van der Waals surface area contributed by atoms with Crippen LogP contribution in [-0.2, 0) is 13.1 Å². The van der Waals surface area contributed by atoms with Gasteiger partial charge in [0.05, 0.1) is 12.4 Å². The maximum Gasteiger partial charge on any atom is 0.270 e. The summed E-state index contributed by atoms with van der Waals surface area (Å²) in [6, 6.07) is 13.2. The van der Waals surface area contributed by atoms with Crippen molar-refractivity contribution < 1.29 is 27.2 Å². The number of carbonyl (C=O) groups excluding carboxylic acids is 2. The van der Waals surface area contributed by atoms with Crippen LogP contribution in [0.25, 0.3) is 11.3 Å². The summed E-state index contributed by atoms with van der Waals surface area (Å²) in [6.07, 6.45) is 3.11. The van der Waals surface area contributed by atoms with Crippen molar-refractivity contribution in [3.63, 3.8) is 0 Å². The number of benzene rings is 2. The summed E-state index contributed by atoms with van der Waals surface area (Å²) in [4.78, 5) is 34.6. The molecule has 46 heavy (non-hydrogen) atoms. The first-order valence-corrected chi connectivity index (χ1v) is 13.8. The van der Waals surface area contributed by atoms with Crippen molar-refractivity contribution in [2.75, 3.05) is 19.0 Å². The molecule has 0 radical (unpaired) electrons. The highest BCUT2D eigenvalue weighted by atomic mass is 35.5. The van der Waals surface area contributed by atoms with Gasteiger partial charge < -0.3 is 15.5 Å². The summed E-state index contributed by atoms with van der Waals surface area (Å²) in [6.45, 7) is 0.110. The molecule has 11 nitrogen and oxygen atoms in total. The number of halogens is 5. The normalized spacial score (nSPS) is 10.8. The molecular weight excluding hydrogens is 630 g/mol. The molecule has 0 saturated carbocycles. The number of hydrogen-bond acceptors (Lipinski definition) is 7. The van der Waals surface area contributed by atoms with Crippen LogP contribution < -0.4 is 15.5 Å². The zero-order chi connectivity index (χ0) is 33.0. The number of rotatable bonds is 7. The number of fused-ring (bicyclic) bond motifs is 2. The number of carbonyl (C=O) groups is 2. The summed E-state index contributed by atoms with van der Waals surface area (Å²) < 4.78 is 55.0. The molecule has 0 atom stereocenters. The van der Waals surface area contributed by atoms with E-state index in [9.17, 15) is 27.2 Å². The van der Waals surface area contributed by atoms with E-state index in [1.807, 2.05) is 19.0 Å². The van der Waals surface area contributed by atoms with Crippen LogP contribution in [0.2, 0.25) is 5.15 Å². The Kier molecular flexibility index (Phi) is 9.42. The second-order valence-corrected chi connectivity index (χ2v) is 10.3. The zero-order valence-electron chi connectivity index (χ0n) is 24.2. The van der Waals surface area contributed by atoms with Crippen molar-refractivity contribution in [2.24, 2.45) is 0 Å². The minimum atomic E-state index is -0.964. The Bertz CT molecular complexity index is 2070. The molecule has 2 amide bonds. The number of anilines is 1. The average Bonchev–Trinajstić information content (AvgIpc) is 3.72. The number of amides is 2. The number of aromatic nitrogens is 6. The van der Waals surface area contributed by atoms with Gasteiger partial charge in [0, 0.05) is 51.5 Å². The second kappa shape index (κ2) is 13.6. The molecular formula is C30H24ClF4N9O2. The van der Waals surface area contributed by atoms with Crippen molar-refractivity contribution in [1.29, 1.82) is 0 Å². The fourth-order valence-corrected chi connectivity index (χ4v) is 4.40. The van der Waals surface area contributed by atoms with Gasteiger partial charge in [0.25, 0.3) is 11.8 Å². The average molecular weight is 654 g/mol. The molecule has 0 aliphatic carbocycles. The maximum atomic E-state index is 13.2. The minimum absolute atomic E-state index is 0.0414. The van der Waals surface area contributed by atoms with Gasteiger partial charge in [-0.05, 0) is 35.4 Å². The Labute approximate surface area is 263 Å². The van der Waals surface area contributed by atoms with E-state index in [4.69, 9.17) is 11.6 Å². The lowest BCUT2D eigenvalue weighted by Crippen LogP contribution is -2.25. The van der Waals surface area contributed by atoms with Gasteiger partial charge >= 0.3 is 0 Å². The van der Waals surface area contributed by atoms with Crippen LogP contribution in [0.3, 0.4) is 0 Å². The zero-order valence-corrected chi connectivity index (χ0v) is 24.9. The van der Waals surface area contributed by atoms with Gasteiger partial charge in [-0.3, -0.25) is 9.59 Å². The van der Waals surface area contributed by atoms with Crippen LogP contribution in [0.4, 0.5) is 23.4 Å². The summed E-state index contributed by atoms with van der Waals surface area (Å²) in [5, 5.41) is 13.6. The topological polar surface area (TPSA) is 122 Å². The molecule has 2 aromatic carbocycles. The SMILES string of the molecule is CN(C)c1cc(C(=O)NCc2ccc(F)c(F)c2)nc2ccnn12.O=C(NCc1ccc(F)c(F)c1)c1cc(Cl)n2nccc2n1. The molecule has 2 N–H and O–H groups in total. The molecule has 6 aromatic rings. The van der Waals surface area contributed by atoms with E-state index in [1.165, 1.54) is 28.9 Å². The molecule has 0 saturated heterocycles. The van der Waals surface area contributed by atoms with E-state index < -0.39 is 35.1 Å². The Morgan fingerprint density at radius 2 is 1.17 bits per heavy atom.